The van der Waals surface area contributed by atoms with Crippen LogP contribution < -0.4 is 10.5 Å². The number of hydrogen-bond donors (Lipinski definition) is 1. The summed E-state index contributed by atoms with van der Waals surface area (Å²) >= 11 is 0. The molecule has 0 bridgehead atoms. The minimum Gasteiger partial charge on any atom is -0.497 e. The first-order valence-corrected chi connectivity index (χ1v) is 7.67. The first kappa shape index (κ1) is 14.0. The predicted octanol–water partition coefficient (Wildman–Crippen LogP) is 3.73. The molecule has 2 aromatic rings. The van der Waals surface area contributed by atoms with Gasteiger partial charge in [0.1, 0.15) is 23.1 Å². The molecule has 4 nitrogen and oxygen atoms in total. The van der Waals surface area contributed by atoms with Crippen LogP contribution >= 0.6 is 0 Å². The van der Waals surface area contributed by atoms with Crippen molar-refractivity contribution in [2.45, 2.75) is 38.0 Å². The minimum atomic E-state index is 0.554. The number of nitrogens with zero attached hydrogens (tertiary/aromatic N) is 2. The molecule has 1 aromatic carbocycles. The van der Waals surface area contributed by atoms with E-state index in [1.165, 1.54) is 32.1 Å². The van der Waals surface area contributed by atoms with Gasteiger partial charge in [0.2, 0.25) is 0 Å². The van der Waals surface area contributed by atoms with E-state index in [0.29, 0.717) is 5.92 Å². The number of ether oxygens (including phenoxy) is 1. The van der Waals surface area contributed by atoms with Gasteiger partial charge < -0.3 is 15.0 Å². The molecular formula is C17H23N3O. The highest BCUT2D eigenvalue weighted by Gasteiger charge is 2.23. The fourth-order valence-corrected chi connectivity index (χ4v) is 3.22. The van der Waals surface area contributed by atoms with Gasteiger partial charge in [0, 0.05) is 18.5 Å². The van der Waals surface area contributed by atoms with Crippen LogP contribution in [0.25, 0.3) is 11.3 Å². The maximum atomic E-state index is 6.28. The molecule has 0 saturated heterocycles. The van der Waals surface area contributed by atoms with E-state index in [1.54, 1.807) is 7.11 Å². The molecule has 1 aromatic heterocycles. The monoisotopic (exact) mass is 285 g/mol. The number of methoxy groups -OCH3 is 1. The van der Waals surface area contributed by atoms with Crippen molar-refractivity contribution in [2.75, 3.05) is 12.8 Å². The van der Waals surface area contributed by atoms with Crippen molar-refractivity contribution in [3.05, 3.63) is 30.1 Å². The number of aromatic nitrogens is 2. The highest BCUT2D eigenvalue weighted by atomic mass is 16.5. The molecule has 1 heterocycles. The zero-order valence-electron chi connectivity index (χ0n) is 12.8. The number of imidazole rings is 1. The highest BCUT2D eigenvalue weighted by Crippen LogP contribution is 2.36. The Balaban J connectivity index is 1.95. The second kappa shape index (κ2) is 5.80. The van der Waals surface area contributed by atoms with Crippen molar-refractivity contribution < 1.29 is 4.74 Å². The third-order valence-electron chi connectivity index (χ3n) is 4.51. The van der Waals surface area contributed by atoms with Crippen LogP contribution in [0.1, 0.15) is 43.8 Å². The second-order valence-corrected chi connectivity index (χ2v) is 5.83. The van der Waals surface area contributed by atoms with Gasteiger partial charge in [0.25, 0.3) is 0 Å². The summed E-state index contributed by atoms with van der Waals surface area (Å²) in [6.45, 7) is 0. The molecule has 1 saturated carbocycles. The van der Waals surface area contributed by atoms with Crippen molar-refractivity contribution >= 4 is 5.82 Å². The third-order valence-corrected chi connectivity index (χ3v) is 4.51. The first-order chi connectivity index (χ1) is 10.2. The summed E-state index contributed by atoms with van der Waals surface area (Å²) in [6.07, 6.45) is 6.41. The average molecular weight is 285 g/mol. The van der Waals surface area contributed by atoms with Crippen LogP contribution in [0.2, 0.25) is 0 Å². The molecule has 1 aliphatic carbocycles. The molecule has 2 N–H and O–H groups in total. The Morgan fingerprint density at radius 2 is 1.81 bits per heavy atom. The zero-order valence-corrected chi connectivity index (χ0v) is 12.8. The fraction of sp³-hybridized carbons (Fsp3) is 0.471. The third kappa shape index (κ3) is 2.62. The van der Waals surface area contributed by atoms with Gasteiger partial charge in [-0.2, -0.15) is 0 Å². The molecule has 4 heteroatoms. The van der Waals surface area contributed by atoms with Crippen LogP contribution in [0, 0.1) is 0 Å². The predicted molar refractivity (Wildman–Crippen MR) is 85.4 cm³/mol. The van der Waals surface area contributed by atoms with Crippen LogP contribution in [0.15, 0.2) is 24.3 Å². The Hall–Kier alpha value is -1.97. The van der Waals surface area contributed by atoms with Crippen molar-refractivity contribution in [3.63, 3.8) is 0 Å². The lowest BCUT2D eigenvalue weighted by Crippen LogP contribution is -2.11. The smallest absolute Gasteiger partial charge is 0.131 e. The molecular weight excluding hydrogens is 262 g/mol. The van der Waals surface area contributed by atoms with E-state index in [9.17, 15) is 0 Å². The largest absolute Gasteiger partial charge is 0.497 e. The van der Waals surface area contributed by atoms with Gasteiger partial charge in [-0.1, -0.05) is 19.3 Å². The molecule has 0 spiro atoms. The summed E-state index contributed by atoms with van der Waals surface area (Å²) in [4.78, 5) is 4.86. The summed E-state index contributed by atoms with van der Waals surface area (Å²) < 4.78 is 7.27. The van der Waals surface area contributed by atoms with Crippen LogP contribution in [-0.4, -0.2) is 16.7 Å². The summed E-state index contributed by atoms with van der Waals surface area (Å²) in [5.41, 5.74) is 8.22. The molecule has 3 rings (SSSR count). The minimum absolute atomic E-state index is 0.554. The van der Waals surface area contributed by atoms with Crippen LogP contribution in [0.3, 0.4) is 0 Å². The standard InChI is InChI=1S/C17H23N3O/c1-20-16(18)15(12-8-10-14(21-2)11-9-12)19-17(20)13-6-4-3-5-7-13/h8-11,13H,3-7,18H2,1-2H3. The van der Waals surface area contributed by atoms with Crippen molar-refractivity contribution in [3.8, 4) is 17.0 Å². The van der Waals surface area contributed by atoms with Crippen molar-refractivity contribution in [1.29, 1.82) is 0 Å². The van der Waals surface area contributed by atoms with Gasteiger partial charge >= 0.3 is 0 Å². The number of rotatable bonds is 3. The van der Waals surface area contributed by atoms with Crippen LogP contribution in [0.5, 0.6) is 5.75 Å². The molecule has 0 radical (unpaired) electrons. The number of nitrogens with two attached hydrogens (primary N) is 1. The lowest BCUT2D eigenvalue weighted by Gasteiger charge is -2.21. The second-order valence-electron chi connectivity index (χ2n) is 5.83. The van der Waals surface area contributed by atoms with Gasteiger partial charge in [-0.25, -0.2) is 4.98 Å². The maximum Gasteiger partial charge on any atom is 0.131 e. The Bertz CT molecular complexity index is 610. The Morgan fingerprint density at radius 3 is 2.43 bits per heavy atom. The van der Waals surface area contributed by atoms with E-state index in [4.69, 9.17) is 15.5 Å². The normalized spacial score (nSPS) is 16.1. The maximum absolute atomic E-state index is 6.28. The van der Waals surface area contributed by atoms with Crippen LogP contribution in [-0.2, 0) is 7.05 Å². The molecule has 1 fully saturated rings. The number of hydrogen-bond acceptors (Lipinski definition) is 3. The summed E-state index contributed by atoms with van der Waals surface area (Å²) in [5, 5.41) is 0. The topological polar surface area (TPSA) is 53.1 Å². The fourth-order valence-electron chi connectivity index (χ4n) is 3.22. The molecule has 112 valence electrons. The molecule has 0 atom stereocenters. The first-order valence-electron chi connectivity index (χ1n) is 7.67. The molecule has 0 amide bonds. The number of anilines is 1. The molecule has 1 aliphatic rings. The van der Waals surface area contributed by atoms with E-state index in [2.05, 4.69) is 4.57 Å². The van der Waals surface area contributed by atoms with E-state index in [0.717, 1.165) is 28.6 Å². The van der Waals surface area contributed by atoms with Crippen molar-refractivity contribution in [2.24, 2.45) is 7.05 Å². The zero-order chi connectivity index (χ0) is 14.8. The lowest BCUT2D eigenvalue weighted by molar-refractivity contribution is 0.415. The number of benzene rings is 1. The summed E-state index contributed by atoms with van der Waals surface area (Å²) in [6, 6.07) is 7.93. The van der Waals surface area contributed by atoms with Gasteiger partial charge in [0.15, 0.2) is 0 Å². The van der Waals surface area contributed by atoms with E-state index in [-0.39, 0.29) is 0 Å². The highest BCUT2D eigenvalue weighted by molar-refractivity contribution is 5.71. The van der Waals surface area contributed by atoms with Gasteiger partial charge in [-0.3, -0.25) is 0 Å². The van der Waals surface area contributed by atoms with E-state index < -0.39 is 0 Å². The van der Waals surface area contributed by atoms with Gasteiger partial charge in [-0.15, -0.1) is 0 Å². The molecule has 21 heavy (non-hydrogen) atoms. The Labute approximate surface area is 125 Å². The average Bonchev–Trinajstić information content (AvgIpc) is 2.84. The Morgan fingerprint density at radius 1 is 1.14 bits per heavy atom. The number of nitrogen functional groups attached to an aromatic ring is 1. The van der Waals surface area contributed by atoms with E-state index in [1.807, 2.05) is 31.3 Å². The van der Waals surface area contributed by atoms with Gasteiger partial charge in [-0.05, 0) is 37.1 Å². The summed E-state index contributed by atoms with van der Waals surface area (Å²) in [7, 11) is 3.70. The van der Waals surface area contributed by atoms with Crippen molar-refractivity contribution in [1.82, 2.24) is 9.55 Å². The molecule has 0 unspecified atom stereocenters. The Kier molecular flexibility index (Phi) is 3.86. The quantitative estimate of drug-likeness (QED) is 0.935. The van der Waals surface area contributed by atoms with E-state index >= 15 is 0 Å². The van der Waals surface area contributed by atoms with Gasteiger partial charge in [0.05, 0.1) is 7.11 Å². The summed E-state index contributed by atoms with van der Waals surface area (Å²) in [5.74, 6) is 3.29. The SMILES string of the molecule is COc1ccc(-c2nc(C3CCCCC3)n(C)c2N)cc1. The molecule has 0 aliphatic heterocycles. The lowest BCUT2D eigenvalue weighted by atomic mass is 9.89. The van der Waals surface area contributed by atoms with Crippen LogP contribution in [0.4, 0.5) is 5.82 Å².